The minimum absolute atomic E-state index is 0.354. The maximum absolute atomic E-state index is 9.34. The molecule has 4 nitrogen and oxygen atoms in total. The summed E-state index contributed by atoms with van der Waals surface area (Å²) in [5.74, 6) is 0. The van der Waals surface area contributed by atoms with E-state index >= 15 is 0 Å². The van der Waals surface area contributed by atoms with E-state index in [1.165, 1.54) is 19.4 Å². The van der Waals surface area contributed by atoms with Gasteiger partial charge in [0, 0.05) is 12.6 Å². The molecule has 1 rings (SSSR count). The van der Waals surface area contributed by atoms with Crippen LogP contribution in [0.1, 0.15) is 46.0 Å². The van der Waals surface area contributed by atoms with Crippen molar-refractivity contribution in [2.75, 3.05) is 40.3 Å². The molecule has 1 aliphatic rings. The third-order valence-corrected chi connectivity index (χ3v) is 4.21. The van der Waals surface area contributed by atoms with Crippen molar-refractivity contribution in [3.63, 3.8) is 0 Å². The van der Waals surface area contributed by atoms with Gasteiger partial charge in [-0.1, -0.05) is 6.92 Å². The Morgan fingerprint density at radius 2 is 2.20 bits per heavy atom. The normalized spacial score (nSPS) is 22.9. The van der Waals surface area contributed by atoms with Gasteiger partial charge in [-0.3, -0.25) is 10.2 Å². The summed E-state index contributed by atoms with van der Waals surface area (Å²) in [5, 5.41) is 12.7. The Hall–Kier alpha value is -0.630. The lowest BCUT2D eigenvalue weighted by atomic mass is 9.97. The molecule has 0 aromatic rings. The van der Waals surface area contributed by atoms with Gasteiger partial charge in [0.2, 0.25) is 0 Å². The number of hydrogen-bond donors (Lipinski definition) is 1. The van der Waals surface area contributed by atoms with E-state index < -0.39 is 0 Å². The second-order valence-electron chi connectivity index (χ2n) is 6.57. The van der Waals surface area contributed by atoms with Crippen molar-refractivity contribution in [2.24, 2.45) is 0 Å². The molecule has 1 aliphatic heterocycles. The van der Waals surface area contributed by atoms with Gasteiger partial charge in [0.1, 0.15) is 5.54 Å². The quantitative estimate of drug-likeness (QED) is 0.702. The van der Waals surface area contributed by atoms with Crippen molar-refractivity contribution < 1.29 is 0 Å². The minimum atomic E-state index is -0.354. The molecule has 0 spiro atoms. The van der Waals surface area contributed by atoms with Crippen LogP contribution in [0.25, 0.3) is 0 Å². The summed E-state index contributed by atoms with van der Waals surface area (Å²) < 4.78 is 0. The van der Waals surface area contributed by atoms with Crippen molar-refractivity contribution in [1.29, 1.82) is 5.26 Å². The first-order valence-corrected chi connectivity index (χ1v) is 8.06. The molecule has 2 unspecified atom stereocenters. The third-order valence-electron chi connectivity index (χ3n) is 4.21. The minimum Gasteiger partial charge on any atom is -0.308 e. The van der Waals surface area contributed by atoms with Gasteiger partial charge in [-0.05, 0) is 72.8 Å². The molecule has 0 radical (unpaired) electrons. The number of hydrogen-bond acceptors (Lipinski definition) is 4. The highest BCUT2D eigenvalue weighted by atomic mass is 15.2. The molecule has 1 saturated heterocycles. The number of nitrogens with zero attached hydrogens (tertiary/aromatic N) is 3. The molecule has 0 aliphatic carbocycles. The fourth-order valence-electron chi connectivity index (χ4n) is 3.04. The summed E-state index contributed by atoms with van der Waals surface area (Å²) in [5.41, 5.74) is -0.354. The summed E-state index contributed by atoms with van der Waals surface area (Å²) >= 11 is 0. The van der Waals surface area contributed by atoms with E-state index in [1.54, 1.807) is 0 Å². The molecule has 0 amide bonds. The molecule has 116 valence electrons. The molecule has 0 bridgehead atoms. The summed E-state index contributed by atoms with van der Waals surface area (Å²) in [4.78, 5) is 4.89. The number of likely N-dealkylation sites (tertiary alicyclic amines) is 1. The average Bonchev–Trinajstić information content (AvgIpc) is 2.83. The molecule has 0 saturated carbocycles. The highest BCUT2D eigenvalue weighted by molar-refractivity contribution is 5.03. The molecule has 1 heterocycles. The van der Waals surface area contributed by atoms with Crippen LogP contribution in [0.15, 0.2) is 0 Å². The van der Waals surface area contributed by atoms with Crippen LogP contribution in [0, 0.1) is 11.3 Å². The van der Waals surface area contributed by atoms with Crippen molar-refractivity contribution in [3.8, 4) is 6.07 Å². The van der Waals surface area contributed by atoms with Crippen LogP contribution in [0.2, 0.25) is 0 Å². The average molecular weight is 280 g/mol. The Morgan fingerprint density at radius 1 is 1.45 bits per heavy atom. The molecule has 1 N–H and O–H groups in total. The van der Waals surface area contributed by atoms with Gasteiger partial charge in [-0.15, -0.1) is 0 Å². The SMILES string of the molecule is CCCNC(C)(C#N)CCCN1CCCC1CN(C)C. The highest BCUT2D eigenvalue weighted by Gasteiger charge is 2.26. The maximum atomic E-state index is 9.34. The Balaban J connectivity index is 2.33. The molecule has 0 aromatic carbocycles. The predicted molar refractivity (Wildman–Crippen MR) is 84.7 cm³/mol. The third kappa shape index (κ3) is 5.78. The maximum Gasteiger partial charge on any atom is 0.103 e. The topological polar surface area (TPSA) is 42.3 Å². The lowest BCUT2D eigenvalue weighted by Crippen LogP contribution is -2.43. The van der Waals surface area contributed by atoms with Crippen LogP contribution in [0.3, 0.4) is 0 Å². The summed E-state index contributed by atoms with van der Waals surface area (Å²) in [6, 6.07) is 3.15. The van der Waals surface area contributed by atoms with Crippen LogP contribution in [-0.4, -0.2) is 61.7 Å². The predicted octanol–water partition coefficient (Wildman–Crippen LogP) is 2.07. The Morgan fingerprint density at radius 3 is 2.80 bits per heavy atom. The van der Waals surface area contributed by atoms with E-state index in [0.29, 0.717) is 6.04 Å². The largest absolute Gasteiger partial charge is 0.308 e. The first-order valence-electron chi connectivity index (χ1n) is 8.06. The lowest BCUT2D eigenvalue weighted by Gasteiger charge is -2.29. The van der Waals surface area contributed by atoms with Crippen LogP contribution in [-0.2, 0) is 0 Å². The van der Waals surface area contributed by atoms with Crippen molar-refractivity contribution >= 4 is 0 Å². The van der Waals surface area contributed by atoms with Gasteiger partial charge in [0.05, 0.1) is 6.07 Å². The van der Waals surface area contributed by atoms with Gasteiger partial charge in [-0.25, -0.2) is 0 Å². The second kappa shape index (κ2) is 8.61. The Labute approximate surface area is 125 Å². The number of nitriles is 1. The molecular formula is C16H32N4. The Kier molecular flexibility index (Phi) is 7.50. The number of rotatable bonds is 9. The molecular weight excluding hydrogens is 248 g/mol. The summed E-state index contributed by atoms with van der Waals surface area (Å²) in [6.07, 6.45) is 5.76. The summed E-state index contributed by atoms with van der Waals surface area (Å²) in [6.45, 7) is 8.61. The van der Waals surface area contributed by atoms with Gasteiger partial charge < -0.3 is 4.90 Å². The fraction of sp³-hybridized carbons (Fsp3) is 0.938. The second-order valence-corrected chi connectivity index (χ2v) is 6.57. The van der Waals surface area contributed by atoms with E-state index in [-0.39, 0.29) is 5.54 Å². The van der Waals surface area contributed by atoms with E-state index in [9.17, 15) is 5.26 Å². The monoisotopic (exact) mass is 280 g/mol. The first-order chi connectivity index (χ1) is 9.50. The van der Waals surface area contributed by atoms with E-state index in [1.807, 2.05) is 6.92 Å². The molecule has 1 fully saturated rings. The lowest BCUT2D eigenvalue weighted by molar-refractivity contribution is 0.200. The van der Waals surface area contributed by atoms with E-state index in [0.717, 1.165) is 38.9 Å². The smallest absolute Gasteiger partial charge is 0.103 e. The van der Waals surface area contributed by atoms with Gasteiger partial charge >= 0.3 is 0 Å². The Bertz CT molecular complexity index is 310. The van der Waals surface area contributed by atoms with Crippen molar-refractivity contribution in [3.05, 3.63) is 0 Å². The fourth-order valence-corrected chi connectivity index (χ4v) is 3.04. The summed E-state index contributed by atoms with van der Waals surface area (Å²) in [7, 11) is 4.30. The van der Waals surface area contributed by atoms with Gasteiger partial charge in [0.15, 0.2) is 0 Å². The van der Waals surface area contributed by atoms with Crippen LogP contribution in [0.4, 0.5) is 0 Å². The molecule has 2 atom stereocenters. The number of likely N-dealkylation sites (N-methyl/N-ethyl adjacent to an activating group) is 1. The van der Waals surface area contributed by atoms with Crippen LogP contribution in [0.5, 0.6) is 0 Å². The number of nitrogens with one attached hydrogen (secondary N) is 1. The van der Waals surface area contributed by atoms with E-state index in [4.69, 9.17) is 0 Å². The van der Waals surface area contributed by atoms with Crippen LogP contribution < -0.4 is 5.32 Å². The standard InChI is InChI=1S/C16H32N4/c1-5-10-18-16(2,14-17)9-7-12-20-11-6-8-15(20)13-19(3)4/h15,18H,5-13H2,1-4H3. The van der Waals surface area contributed by atoms with Crippen molar-refractivity contribution in [2.45, 2.75) is 57.5 Å². The molecule has 4 heteroatoms. The van der Waals surface area contributed by atoms with E-state index in [2.05, 4.69) is 42.2 Å². The van der Waals surface area contributed by atoms with Crippen LogP contribution >= 0.6 is 0 Å². The highest BCUT2D eigenvalue weighted by Crippen LogP contribution is 2.20. The van der Waals surface area contributed by atoms with Gasteiger partial charge in [0.25, 0.3) is 0 Å². The zero-order valence-electron chi connectivity index (χ0n) is 13.8. The van der Waals surface area contributed by atoms with Crippen molar-refractivity contribution in [1.82, 2.24) is 15.1 Å². The first kappa shape index (κ1) is 17.4. The molecule has 0 aromatic heterocycles. The zero-order valence-corrected chi connectivity index (χ0v) is 13.8. The zero-order chi connectivity index (χ0) is 15.0. The van der Waals surface area contributed by atoms with Gasteiger partial charge in [-0.2, -0.15) is 5.26 Å². The molecule has 20 heavy (non-hydrogen) atoms.